The second kappa shape index (κ2) is 5.09. The number of nitrogens with one attached hydrogen (secondary N) is 1. The third kappa shape index (κ3) is 2.98. The Labute approximate surface area is 113 Å². The standard InChI is InChI=1S/C14H20N2O3/c1-14(2)9-16(7-6-15-14)13(18)10-4-5-12(19-3)11(17)8-10/h4-5,8,15,17H,6-7,9H2,1-3H3. The van der Waals surface area contributed by atoms with Crippen molar-refractivity contribution in [1.82, 2.24) is 10.2 Å². The molecule has 0 spiro atoms. The van der Waals surface area contributed by atoms with E-state index < -0.39 is 0 Å². The number of hydrogen-bond acceptors (Lipinski definition) is 4. The first-order valence-electron chi connectivity index (χ1n) is 6.34. The molecule has 5 heteroatoms. The number of phenolic OH excluding ortho intramolecular Hbond substituents is 1. The molecular weight excluding hydrogens is 244 g/mol. The summed E-state index contributed by atoms with van der Waals surface area (Å²) in [7, 11) is 1.48. The van der Waals surface area contributed by atoms with E-state index in [1.165, 1.54) is 13.2 Å². The van der Waals surface area contributed by atoms with E-state index in [2.05, 4.69) is 19.2 Å². The summed E-state index contributed by atoms with van der Waals surface area (Å²) >= 11 is 0. The van der Waals surface area contributed by atoms with E-state index in [1.807, 2.05) is 0 Å². The van der Waals surface area contributed by atoms with Crippen molar-refractivity contribution in [3.8, 4) is 11.5 Å². The zero-order valence-electron chi connectivity index (χ0n) is 11.6. The molecule has 2 rings (SSSR count). The number of hydrogen-bond donors (Lipinski definition) is 2. The quantitative estimate of drug-likeness (QED) is 0.843. The molecule has 0 unspecified atom stereocenters. The molecule has 0 saturated carbocycles. The van der Waals surface area contributed by atoms with E-state index in [-0.39, 0.29) is 17.2 Å². The molecule has 1 aromatic rings. The van der Waals surface area contributed by atoms with Crippen molar-refractivity contribution in [3.05, 3.63) is 23.8 Å². The first-order valence-corrected chi connectivity index (χ1v) is 6.34. The fraction of sp³-hybridized carbons (Fsp3) is 0.500. The number of benzene rings is 1. The summed E-state index contributed by atoms with van der Waals surface area (Å²) < 4.78 is 4.97. The first-order chi connectivity index (χ1) is 8.93. The topological polar surface area (TPSA) is 61.8 Å². The molecule has 1 aliphatic rings. The Bertz CT molecular complexity index is 486. The van der Waals surface area contributed by atoms with Crippen molar-refractivity contribution in [1.29, 1.82) is 0 Å². The molecule has 1 heterocycles. The molecule has 0 atom stereocenters. The molecule has 1 saturated heterocycles. The lowest BCUT2D eigenvalue weighted by atomic mass is 10.0. The predicted molar refractivity (Wildman–Crippen MR) is 72.6 cm³/mol. The Hall–Kier alpha value is -1.75. The molecule has 1 fully saturated rings. The van der Waals surface area contributed by atoms with Gasteiger partial charge in [-0.25, -0.2) is 0 Å². The number of phenols is 1. The predicted octanol–water partition coefficient (Wildman–Crippen LogP) is 1.22. The van der Waals surface area contributed by atoms with Crippen LogP contribution in [0.2, 0.25) is 0 Å². The number of amides is 1. The summed E-state index contributed by atoms with van der Waals surface area (Å²) in [5, 5.41) is 13.1. The van der Waals surface area contributed by atoms with Gasteiger partial charge in [-0.3, -0.25) is 4.79 Å². The minimum atomic E-state index is -0.0809. The fourth-order valence-electron chi connectivity index (χ4n) is 2.32. The molecule has 104 valence electrons. The van der Waals surface area contributed by atoms with Crippen molar-refractivity contribution in [2.75, 3.05) is 26.7 Å². The highest BCUT2D eigenvalue weighted by Crippen LogP contribution is 2.27. The third-order valence-corrected chi connectivity index (χ3v) is 3.28. The van der Waals surface area contributed by atoms with Gasteiger partial charge in [0.25, 0.3) is 5.91 Å². The van der Waals surface area contributed by atoms with Gasteiger partial charge in [-0.2, -0.15) is 0 Å². The number of rotatable bonds is 2. The zero-order valence-corrected chi connectivity index (χ0v) is 11.6. The van der Waals surface area contributed by atoms with Crippen LogP contribution in [0.5, 0.6) is 11.5 Å². The number of piperazine rings is 1. The Morgan fingerprint density at radius 1 is 1.47 bits per heavy atom. The molecular formula is C14H20N2O3. The van der Waals surface area contributed by atoms with E-state index in [4.69, 9.17) is 4.74 Å². The summed E-state index contributed by atoms with van der Waals surface area (Å²) in [5.74, 6) is 0.299. The minimum Gasteiger partial charge on any atom is -0.504 e. The molecule has 0 aromatic heterocycles. The van der Waals surface area contributed by atoms with Gasteiger partial charge in [-0.1, -0.05) is 0 Å². The van der Waals surface area contributed by atoms with Crippen LogP contribution in [-0.2, 0) is 0 Å². The van der Waals surface area contributed by atoms with Crippen LogP contribution in [0.15, 0.2) is 18.2 Å². The summed E-state index contributed by atoms with van der Waals surface area (Å²) in [4.78, 5) is 14.2. The van der Waals surface area contributed by atoms with E-state index in [0.717, 1.165) is 6.54 Å². The maximum atomic E-state index is 12.4. The molecule has 2 N–H and O–H groups in total. The van der Waals surface area contributed by atoms with Gasteiger partial charge >= 0.3 is 0 Å². The highest BCUT2D eigenvalue weighted by molar-refractivity contribution is 5.95. The normalized spacial score (nSPS) is 18.2. The average molecular weight is 264 g/mol. The Balaban J connectivity index is 2.17. The van der Waals surface area contributed by atoms with Crippen molar-refractivity contribution >= 4 is 5.91 Å². The van der Waals surface area contributed by atoms with Gasteiger partial charge in [0.05, 0.1) is 7.11 Å². The van der Waals surface area contributed by atoms with Crippen LogP contribution in [0.25, 0.3) is 0 Å². The number of aromatic hydroxyl groups is 1. The molecule has 0 aliphatic carbocycles. The summed E-state index contributed by atoms with van der Waals surface area (Å²) in [6, 6.07) is 4.74. The van der Waals surface area contributed by atoms with Crippen LogP contribution in [0.4, 0.5) is 0 Å². The smallest absolute Gasteiger partial charge is 0.254 e. The van der Waals surface area contributed by atoms with Crippen LogP contribution < -0.4 is 10.1 Å². The van der Waals surface area contributed by atoms with Gasteiger partial charge in [0.2, 0.25) is 0 Å². The van der Waals surface area contributed by atoms with E-state index >= 15 is 0 Å². The molecule has 1 aromatic carbocycles. The van der Waals surface area contributed by atoms with Crippen LogP contribution in [-0.4, -0.2) is 48.2 Å². The molecule has 1 aliphatic heterocycles. The lowest BCUT2D eigenvalue weighted by molar-refractivity contribution is 0.0651. The minimum absolute atomic E-state index is 0.0113. The van der Waals surface area contributed by atoms with Crippen LogP contribution >= 0.6 is 0 Å². The molecule has 1 amide bonds. The van der Waals surface area contributed by atoms with Crippen molar-refractivity contribution in [3.63, 3.8) is 0 Å². The number of nitrogens with zero attached hydrogens (tertiary/aromatic N) is 1. The second-order valence-corrected chi connectivity index (χ2v) is 5.42. The first kappa shape index (κ1) is 13.7. The Morgan fingerprint density at radius 2 is 2.21 bits per heavy atom. The monoisotopic (exact) mass is 264 g/mol. The van der Waals surface area contributed by atoms with Crippen molar-refractivity contribution < 1.29 is 14.6 Å². The number of carbonyl (C=O) groups excluding carboxylic acids is 1. The highest BCUT2D eigenvalue weighted by Gasteiger charge is 2.29. The number of carbonyl (C=O) groups is 1. The van der Waals surface area contributed by atoms with Gasteiger partial charge in [0.1, 0.15) is 0 Å². The van der Waals surface area contributed by atoms with Gasteiger partial charge in [0, 0.05) is 30.7 Å². The Morgan fingerprint density at radius 3 is 2.79 bits per heavy atom. The lowest BCUT2D eigenvalue weighted by Gasteiger charge is -2.39. The fourth-order valence-corrected chi connectivity index (χ4v) is 2.32. The summed E-state index contributed by atoms with van der Waals surface area (Å²) in [6.45, 7) is 6.24. The average Bonchev–Trinajstić information content (AvgIpc) is 2.36. The van der Waals surface area contributed by atoms with Crippen LogP contribution in [0.1, 0.15) is 24.2 Å². The van der Waals surface area contributed by atoms with Gasteiger partial charge in [0.15, 0.2) is 11.5 Å². The largest absolute Gasteiger partial charge is 0.504 e. The van der Waals surface area contributed by atoms with E-state index in [0.29, 0.717) is 24.4 Å². The van der Waals surface area contributed by atoms with Crippen molar-refractivity contribution in [2.24, 2.45) is 0 Å². The maximum Gasteiger partial charge on any atom is 0.254 e. The van der Waals surface area contributed by atoms with Crippen molar-refractivity contribution in [2.45, 2.75) is 19.4 Å². The van der Waals surface area contributed by atoms with E-state index in [9.17, 15) is 9.90 Å². The maximum absolute atomic E-state index is 12.4. The highest BCUT2D eigenvalue weighted by atomic mass is 16.5. The zero-order chi connectivity index (χ0) is 14.0. The van der Waals surface area contributed by atoms with Gasteiger partial charge in [-0.15, -0.1) is 0 Å². The molecule has 19 heavy (non-hydrogen) atoms. The summed E-state index contributed by atoms with van der Waals surface area (Å²) in [6.07, 6.45) is 0. The number of ether oxygens (including phenoxy) is 1. The molecule has 0 bridgehead atoms. The molecule has 5 nitrogen and oxygen atoms in total. The number of methoxy groups -OCH3 is 1. The SMILES string of the molecule is COc1ccc(C(=O)N2CCNC(C)(C)C2)cc1O. The van der Waals surface area contributed by atoms with Crippen LogP contribution in [0, 0.1) is 0 Å². The lowest BCUT2D eigenvalue weighted by Crippen LogP contribution is -2.58. The third-order valence-electron chi connectivity index (χ3n) is 3.28. The van der Waals surface area contributed by atoms with E-state index in [1.54, 1.807) is 17.0 Å². The second-order valence-electron chi connectivity index (χ2n) is 5.42. The summed E-state index contributed by atoms with van der Waals surface area (Å²) in [5.41, 5.74) is 0.401. The Kier molecular flexibility index (Phi) is 3.66. The van der Waals surface area contributed by atoms with Gasteiger partial charge in [-0.05, 0) is 32.0 Å². The van der Waals surface area contributed by atoms with Gasteiger partial charge < -0.3 is 20.1 Å². The molecule has 0 radical (unpaired) electrons. The van der Waals surface area contributed by atoms with Crippen LogP contribution in [0.3, 0.4) is 0 Å².